The molecule has 190 valence electrons. The van der Waals surface area contributed by atoms with Crippen LogP contribution in [-0.4, -0.2) is 51.0 Å². The van der Waals surface area contributed by atoms with Gasteiger partial charge in [0.2, 0.25) is 0 Å². The van der Waals surface area contributed by atoms with Gasteiger partial charge in [0.05, 0.1) is 13.2 Å². The van der Waals surface area contributed by atoms with Gasteiger partial charge in [0.25, 0.3) is 0 Å². The number of ether oxygens (including phenoxy) is 2. The van der Waals surface area contributed by atoms with Gasteiger partial charge in [-0.1, -0.05) is 64.1 Å². The molecule has 2 aromatic carbocycles. The normalized spacial score (nSPS) is 19.9. The summed E-state index contributed by atoms with van der Waals surface area (Å²) in [5.41, 5.74) is 5.51. The lowest BCUT2D eigenvalue weighted by Gasteiger charge is -2.39. The number of carbonyl (C=O) groups excluding carboxylic acids is 1. The highest BCUT2D eigenvalue weighted by atomic mass is 16.7. The number of hydrogen-bond donors (Lipinski definition) is 0. The third kappa shape index (κ3) is 6.25. The van der Waals surface area contributed by atoms with Gasteiger partial charge >= 0.3 is 0 Å². The first kappa shape index (κ1) is 25.7. The second-order valence-corrected chi connectivity index (χ2v) is 10.5. The van der Waals surface area contributed by atoms with Gasteiger partial charge in [0, 0.05) is 63.2 Å². The summed E-state index contributed by atoms with van der Waals surface area (Å²) in [5.74, 6) is 1.22. The Balaban J connectivity index is 0.000000168. The fourth-order valence-corrected chi connectivity index (χ4v) is 5.40. The van der Waals surface area contributed by atoms with Crippen LogP contribution in [0.1, 0.15) is 76.3 Å². The predicted octanol–water partition coefficient (Wildman–Crippen LogP) is 6.13. The van der Waals surface area contributed by atoms with E-state index in [4.69, 9.17) is 9.47 Å². The van der Waals surface area contributed by atoms with Crippen molar-refractivity contribution in [2.24, 2.45) is 0 Å². The minimum Gasteiger partial charge on any atom is -0.371 e. The second-order valence-electron chi connectivity index (χ2n) is 10.5. The van der Waals surface area contributed by atoms with Crippen molar-refractivity contribution in [1.29, 1.82) is 0 Å². The smallest absolute Gasteiger partial charge is 0.171 e. The molecule has 5 heteroatoms. The number of anilines is 2. The first-order chi connectivity index (χ1) is 16.9. The highest BCUT2D eigenvalue weighted by Gasteiger charge is 2.40. The van der Waals surface area contributed by atoms with Crippen LogP contribution in [0.25, 0.3) is 0 Å². The van der Waals surface area contributed by atoms with Crippen LogP contribution in [0.4, 0.5) is 11.4 Å². The van der Waals surface area contributed by atoms with Crippen molar-refractivity contribution >= 4 is 17.2 Å². The summed E-state index contributed by atoms with van der Waals surface area (Å²) in [6, 6.07) is 17.3. The minimum atomic E-state index is -0.275. The monoisotopic (exact) mass is 478 g/mol. The van der Waals surface area contributed by atoms with Gasteiger partial charge in [-0.2, -0.15) is 0 Å². The fraction of sp³-hybridized carbons (Fsp3) is 0.567. The topological polar surface area (TPSA) is 42.0 Å². The average molecular weight is 479 g/mol. The van der Waals surface area contributed by atoms with E-state index in [0.717, 1.165) is 52.2 Å². The molecule has 3 aliphatic rings. The molecule has 35 heavy (non-hydrogen) atoms. The summed E-state index contributed by atoms with van der Waals surface area (Å²) in [5, 5.41) is 0. The molecule has 3 saturated heterocycles. The zero-order chi connectivity index (χ0) is 24.8. The molecule has 0 amide bonds. The van der Waals surface area contributed by atoms with Crippen LogP contribution >= 0.6 is 0 Å². The molecule has 0 radical (unpaired) electrons. The van der Waals surface area contributed by atoms with E-state index in [9.17, 15) is 4.79 Å². The highest BCUT2D eigenvalue weighted by Crippen LogP contribution is 2.35. The van der Waals surface area contributed by atoms with E-state index in [1.807, 2.05) is 0 Å². The SMILES string of the molecule is CC(C)c1ccccc1N1CCC(=O)CC1.CC(C)c1ccccc1N1CCC2(CC1)OCCO2. The number of carbonyl (C=O) groups is 1. The Hall–Kier alpha value is -2.37. The van der Waals surface area contributed by atoms with Gasteiger partial charge in [-0.3, -0.25) is 4.79 Å². The molecule has 3 heterocycles. The van der Waals surface area contributed by atoms with Crippen LogP contribution in [0.3, 0.4) is 0 Å². The van der Waals surface area contributed by atoms with Crippen LogP contribution < -0.4 is 9.80 Å². The first-order valence-corrected chi connectivity index (χ1v) is 13.4. The van der Waals surface area contributed by atoms with Crippen LogP contribution in [0, 0.1) is 0 Å². The predicted molar refractivity (Wildman–Crippen MR) is 144 cm³/mol. The molecule has 0 unspecified atom stereocenters. The maximum atomic E-state index is 11.2. The minimum absolute atomic E-state index is 0.275. The Morgan fingerprint density at radius 1 is 0.686 bits per heavy atom. The Morgan fingerprint density at radius 3 is 1.57 bits per heavy atom. The van der Waals surface area contributed by atoms with Gasteiger partial charge in [0.15, 0.2) is 5.79 Å². The molecular formula is C30H42N2O3. The number of hydrogen-bond acceptors (Lipinski definition) is 5. The summed E-state index contributed by atoms with van der Waals surface area (Å²) < 4.78 is 11.6. The number of Topliss-reactive ketones (excluding diaryl/α,β-unsaturated/α-hetero) is 1. The summed E-state index contributed by atoms with van der Waals surface area (Å²) in [4.78, 5) is 16.1. The third-order valence-electron chi connectivity index (χ3n) is 7.46. The van der Waals surface area contributed by atoms with E-state index >= 15 is 0 Å². The molecule has 0 bridgehead atoms. The first-order valence-electron chi connectivity index (χ1n) is 13.4. The fourth-order valence-electron chi connectivity index (χ4n) is 5.40. The zero-order valence-corrected chi connectivity index (χ0v) is 22.0. The molecule has 5 nitrogen and oxygen atoms in total. The van der Waals surface area contributed by atoms with Gasteiger partial charge in [-0.15, -0.1) is 0 Å². The molecule has 0 N–H and O–H groups in total. The van der Waals surface area contributed by atoms with Crippen molar-refractivity contribution < 1.29 is 14.3 Å². The van der Waals surface area contributed by atoms with E-state index in [2.05, 4.69) is 86.0 Å². The zero-order valence-electron chi connectivity index (χ0n) is 22.0. The number of piperidine rings is 2. The Morgan fingerprint density at radius 2 is 1.11 bits per heavy atom. The summed E-state index contributed by atoms with van der Waals surface area (Å²) >= 11 is 0. The summed E-state index contributed by atoms with van der Waals surface area (Å²) in [6.07, 6.45) is 3.34. The molecule has 1 spiro atoms. The maximum absolute atomic E-state index is 11.2. The highest BCUT2D eigenvalue weighted by molar-refractivity contribution is 5.81. The Bertz CT molecular complexity index is 961. The van der Waals surface area contributed by atoms with Crippen molar-refractivity contribution in [1.82, 2.24) is 0 Å². The molecule has 3 aliphatic heterocycles. The van der Waals surface area contributed by atoms with Crippen LogP contribution in [0.5, 0.6) is 0 Å². The van der Waals surface area contributed by atoms with Gasteiger partial charge in [-0.05, 0) is 35.1 Å². The molecular weight excluding hydrogens is 436 g/mol. The molecule has 0 atom stereocenters. The van der Waals surface area contributed by atoms with E-state index < -0.39 is 0 Å². The van der Waals surface area contributed by atoms with Gasteiger partial charge < -0.3 is 19.3 Å². The van der Waals surface area contributed by atoms with Crippen LogP contribution in [-0.2, 0) is 14.3 Å². The number of rotatable bonds is 4. The second kappa shape index (κ2) is 11.6. The number of para-hydroxylation sites is 2. The van der Waals surface area contributed by atoms with Crippen molar-refractivity contribution in [2.45, 2.75) is 71.0 Å². The van der Waals surface area contributed by atoms with Crippen molar-refractivity contribution in [2.75, 3.05) is 49.2 Å². The molecule has 2 aromatic rings. The molecule has 0 aromatic heterocycles. The largest absolute Gasteiger partial charge is 0.371 e. The molecule has 0 aliphatic carbocycles. The van der Waals surface area contributed by atoms with Crippen LogP contribution in [0.2, 0.25) is 0 Å². The lowest BCUT2D eigenvalue weighted by molar-refractivity contribution is -0.169. The Labute approximate surface area is 211 Å². The number of benzene rings is 2. The third-order valence-corrected chi connectivity index (χ3v) is 7.46. The summed E-state index contributed by atoms with van der Waals surface area (Å²) in [6.45, 7) is 14.2. The molecule has 3 fully saturated rings. The lowest BCUT2D eigenvalue weighted by atomic mass is 9.97. The summed E-state index contributed by atoms with van der Waals surface area (Å²) in [7, 11) is 0. The van der Waals surface area contributed by atoms with Crippen LogP contribution in [0.15, 0.2) is 48.5 Å². The Kier molecular flexibility index (Phi) is 8.51. The number of nitrogens with zero attached hydrogens (tertiary/aromatic N) is 2. The quantitative estimate of drug-likeness (QED) is 0.529. The van der Waals surface area contributed by atoms with E-state index in [0.29, 0.717) is 30.5 Å². The lowest BCUT2D eigenvalue weighted by Crippen LogP contribution is -2.45. The molecule has 0 saturated carbocycles. The number of ketones is 1. The van der Waals surface area contributed by atoms with E-state index in [1.165, 1.54) is 22.5 Å². The van der Waals surface area contributed by atoms with Gasteiger partial charge in [0.1, 0.15) is 5.78 Å². The standard InChI is InChI=1S/C16H23NO2.C14H19NO/c1-13(2)14-5-3-4-6-15(14)17-9-7-16(8-10-17)18-11-12-19-16;1-11(2)13-5-3-4-6-14(13)15-9-7-12(16)8-10-15/h3-6,13H,7-12H2,1-2H3;3-6,11H,7-10H2,1-2H3. The van der Waals surface area contributed by atoms with E-state index in [-0.39, 0.29) is 5.79 Å². The van der Waals surface area contributed by atoms with Crippen molar-refractivity contribution in [3.8, 4) is 0 Å². The maximum Gasteiger partial charge on any atom is 0.171 e. The van der Waals surface area contributed by atoms with Crippen molar-refractivity contribution in [3.05, 3.63) is 59.7 Å². The average Bonchev–Trinajstić information content (AvgIpc) is 3.33. The van der Waals surface area contributed by atoms with Gasteiger partial charge in [-0.25, -0.2) is 0 Å². The van der Waals surface area contributed by atoms with Crippen molar-refractivity contribution in [3.63, 3.8) is 0 Å². The molecule has 5 rings (SSSR count). The van der Waals surface area contributed by atoms with E-state index in [1.54, 1.807) is 0 Å².